The van der Waals surface area contributed by atoms with E-state index in [2.05, 4.69) is 22.5 Å². The number of rotatable bonds is 10. The number of hydrogen-bond donors (Lipinski definition) is 2. The van der Waals surface area contributed by atoms with Crippen molar-refractivity contribution in [1.29, 1.82) is 0 Å². The number of fused-ring (bicyclic) bond motifs is 1. The van der Waals surface area contributed by atoms with Crippen molar-refractivity contribution < 1.29 is 14.3 Å². The third-order valence-electron chi connectivity index (χ3n) is 6.52. The summed E-state index contributed by atoms with van der Waals surface area (Å²) < 4.78 is 13.9. The van der Waals surface area contributed by atoms with Crippen LogP contribution in [0.5, 0.6) is 11.5 Å². The molecule has 2 N–H and O–H groups in total. The Labute approximate surface area is 249 Å². The third kappa shape index (κ3) is 6.52. The van der Waals surface area contributed by atoms with Crippen LogP contribution in [0.25, 0.3) is 0 Å². The topological polar surface area (TPSA) is 90.3 Å². The molecule has 41 heavy (non-hydrogen) atoms. The molecule has 212 valence electrons. The van der Waals surface area contributed by atoms with E-state index in [1.807, 2.05) is 87.5 Å². The first-order chi connectivity index (χ1) is 19.9. The molecule has 1 aliphatic heterocycles. The fraction of sp³-hybridized carbons (Fsp3) is 0.258. The van der Waals surface area contributed by atoms with Gasteiger partial charge < -0.3 is 20.1 Å². The fourth-order valence-corrected chi connectivity index (χ4v) is 5.35. The summed E-state index contributed by atoms with van der Waals surface area (Å²) in [4.78, 5) is 18.5. The summed E-state index contributed by atoms with van der Waals surface area (Å²) in [6, 6.07) is 20.5. The van der Waals surface area contributed by atoms with Crippen LogP contribution in [0.2, 0.25) is 5.02 Å². The molecule has 0 bridgehead atoms. The molecule has 5 rings (SSSR count). The monoisotopic (exact) mass is 589 g/mol. The van der Waals surface area contributed by atoms with E-state index >= 15 is 0 Å². The average molecular weight is 590 g/mol. The number of benzene rings is 3. The Morgan fingerprint density at radius 2 is 1.85 bits per heavy atom. The van der Waals surface area contributed by atoms with E-state index in [1.54, 1.807) is 16.4 Å². The second-order valence-corrected chi connectivity index (χ2v) is 11.2. The molecule has 10 heteroatoms. The summed E-state index contributed by atoms with van der Waals surface area (Å²) in [6.07, 6.45) is 0. The van der Waals surface area contributed by atoms with Gasteiger partial charge in [-0.15, -0.1) is 5.10 Å². The highest BCUT2D eigenvalue weighted by molar-refractivity contribution is 7.99. The molecular weight excluding hydrogens is 558 g/mol. The number of nitrogens with one attached hydrogen (secondary N) is 2. The molecule has 2 heterocycles. The lowest BCUT2D eigenvalue weighted by Gasteiger charge is -2.29. The SMILES string of the molecule is CCOc1cc(C2C(C(=O)Nc3cccc(C)c3)=C(C)Nc3nc(SCC)nn32)ccc1OCc1ccc(Cl)cc1. The number of allylic oxidation sites excluding steroid dienone is 1. The molecule has 8 nitrogen and oxygen atoms in total. The van der Waals surface area contributed by atoms with Gasteiger partial charge in [0.25, 0.3) is 5.91 Å². The van der Waals surface area contributed by atoms with Gasteiger partial charge >= 0.3 is 0 Å². The van der Waals surface area contributed by atoms with E-state index in [0.29, 0.717) is 52.1 Å². The van der Waals surface area contributed by atoms with Crippen LogP contribution in [-0.2, 0) is 11.4 Å². The van der Waals surface area contributed by atoms with E-state index in [-0.39, 0.29) is 5.91 Å². The minimum Gasteiger partial charge on any atom is -0.490 e. The van der Waals surface area contributed by atoms with Crippen molar-refractivity contribution in [1.82, 2.24) is 14.8 Å². The number of carbonyl (C=O) groups excluding carboxylic acids is 1. The molecule has 4 aromatic rings. The fourth-order valence-electron chi connectivity index (χ4n) is 4.67. The van der Waals surface area contributed by atoms with Crippen molar-refractivity contribution in [2.75, 3.05) is 23.0 Å². The second kappa shape index (κ2) is 12.7. The molecule has 1 aromatic heterocycles. The summed E-state index contributed by atoms with van der Waals surface area (Å²) in [6.45, 7) is 8.67. The van der Waals surface area contributed by atoms with Crippen molar-refractivity contribution in [3.05, 3.63) is 99.7 Å². The number of hydrogen-bond acceptors (Lipinski definition) is 7. The Morgan fingerprint density at radius 3 is 2.59 bits per heavy atom. The van der Waals surface area contributed by atoms with Gasteiger partial charge in [-0.25, -0.2) is 4.68 Å². The Hall–Kier alpha value is -3.95. The second-order valence-electron chi connectivity index (χ2n) is 9.54. The molecule has 1 atom stereocenters. The average Bonchev–Trinajstić information content (AvgIpc) is 3.34. The van der Waals surface area contributed by atoms with Crippen molar-refractivity contribution in [2.45, 2.75) is 45.5 Å². The Bertz CT molecular complexity index is 1590. The number of aromatic nitrogens is 3. The molecule has 0 saturated heterocycles. The first-order valence-corrected chi connectivity index (χ1v) is 14.8. The normalized spacial score (nSPS) is 14.3. The third-order valence-corrected chi connectivity index (χ3v) is 7.49. The highest BCUT2D eigenvalue weighted by Gasteiger charge is 2.35. The Balaban J connectivity index is 1.52. The summed E-state index contributed by atoms with van der Waals surface area (Å²) in [5, 5.41) is 12.5. The van der Waals surface area contributed by atoms with Crippen LogP contribution in [-0.4, -0.2) is 33.0 Å². The predicted molar refractivity (Wildman–Crippen MR) is 164 cm³/mol. The quantitative estimate of drug-likeness (QED) is 0.188. The maximum absolute atomic E-state index is 13.8. The highest BCUT2D eigenvalue weighted by atomic mass is 35.5. The minimum absolute atomic E-state index is 0.225. The number of amides is 1. The van der Waals surface area contributed by atoms with E-state index in [0.717, 1.165) is 28.1 Å². The maximum Gasteiger partial charge on any atom is 0.255 e. The van der Waals surface area contributed by atoms with Crippen molar-refractivity contribution in [2.24, 2.45) is 0 Å². The van der Waals surface area contributed by atoms with Gasteiger partial charge in [-0.3, -0.25) is 4.79 Å². The lowest BCUT2D eigenvalue weighted by atomic mass is 9.94. The highest BCUT2D eigenvalue weighted by Crippen LogP contribution is 2.40. The molecular formula is C31H32ClN5O3S. The number of carbonyl (C=O) groups is 1. The molecule has 1 aliphatic rings. The van der Waals surface area contributed by atoms with Crippen molar-refractivity contribution in [3.63, 3.8) is 0 Å². The van der Waals surface area contributed by atoms with Crippen LogP contribution in [0.4, 0.5) is 11.6 Å². The number of aryl methyl sites for hydroxylation is 1. The lowest BCUT2D eigenvalue weighted by Crippen LogP contribution is -2.31. The maximum atomic E-state index is 13.8. The van der Waals surface area contributed by atoms with Crippen LogP contribution < -0.4 is 20.1 Å². The standard InChI is InChI=1S/C31H32ClN5O3S/c1-5-39-26-17-22(12-15-25(26)40-18-21-10-13-23(32)14-11-21)28-27(29(38)34-24-9-7-8-19(3)16-24)20(4)33-30-35-31(41-6-2)36-37(28)30/h7-17,28H,5-6,18H2,1-4H3,(H,34,38)(H,33,35,36). The summed E-state index contributed by atoms with van der Waals surface area (Å²) in [5.74, 6) is 2.37. The van der Waals surface area contributed by atoms with Crippen LogP contribution in [0.3, 0.4) is 0 Å². The Morgan fingerprint density at radius 1 is 1.05 bits per heavy atom. The van der Waals surface area contributed by atoms with Crippen LogP contribution >= 0.6 is 23.4 Å². The minimum atomic E-state index is -0.542. The number of ether oxygens (including phenoxy) is 2. The number of anilines is 2. The first-order valence-electron chi connectivity index (χ1n) is 13.5. The summed E-state index contributed by atoms with van der Waals surface area (Å²) >= 11 is 7.57. The van der Waals surface area contributed by atoms with E-state index < -0.39 is 6.04 Å². The number of nitrogens with zero attached hydrogens (tertiary/aromatic N) is 3. The van der Waals surface area contributed by atoms with Gasteiger partial charge in [0.1, 0.15) is 12.6 Å². The zero-order valence-corrected chi connectivity index (χ0v) is 25.0. The van der Waals surface area contributed by atoms with Crippen LogP contribution in [0.15, 0.2) is 83.2 Å². The Kier molecular flexibility index (Phi) is 8.85. The summed E-state index contributed by atoms with van der Waals surface area (Å²) in [7, 11) is 0. The molecule has 1 amide bonds. The van der Waals surface area contributed by atoms with Gasteiger partial charge in [-0.2, -0.15) is 4.98 Å². The van der Waals surface area contributed by atoms with E-state index in [4.69, 9.17) is 26.2 Å². The van der Waals surface area contributed by atoms with Gasteiger partial charge in [-0.1, -0.05) is 60.6 Å². The lowest BCUT2D eigenvalue weighted by molar-refractivity contribution is -0.113. The number of thioether (sulfide) groups is 1. The van der Waals surface area contributed by atoms with Gasteiger partial charge in [0.05, 0.1) is 12.2 Å². The van der Waals surface area contributed by atoms with E-state index in [9.17, 15) is 4.79 Å². The molecule has 0 aliphatic carbocycles. The smallest absolute Gasteiger partial charge is 0.255 e. The molecule has 3 aromatic carbocycles. The van der Waals surface area contributed by atoms with Gasteiger partial charge in [0, 0.05) is 16.4 Å². The van der Waals surface area contributed by atoms with Crippen LogP contribution in [0, 0.1) is 6.92 Å². The molecule has 1 unspecified atom stereocenters. The first kappa shape index (κ1) is 28.6. The zero-order valence-electron chi connectivity index (χ0n) is 23.4. The van der Waals surface area contributed by atoms with Crippen molar-refractivity contribution in [3.8, 4) is 11.5 Å². The molecule has 0 saturated carbocycles. The van der Waals surface area contributed by atoms with Gasteiger partial charge in [0.15, 0.2) is 11.5 Å². The number of halogens is 1. The largest absolute Gasteiger partial charge is 0.490 e. The van der Waals surface area contributed by atoms with Gasteiger partial charge in [0.2, 0.25) is 11.1 Å². The molecule has 0 fully saturated rings. The molecule has 0 spiro atoms. The molecule has 0 radical (unpaired) electrons. The predicted octanol–water partition coefficient (Wildman–Crippen LogP) is 7.26. The van der Waals surface area contributed by atoms with Crippen LogP contribution in [0.1, 0.15) is 43.5 Å². The summed E-state index contributed by atoms with van der Waals surface area (Å²) in [5.41, 5.74) is 4.83. The van der Waals surface area contributed by atoms with Crippen molar-refractivity contribution >= 4 is 40.9 Å². The van der Waals surface area contributed by atoms with Gasteiger partial charge in [-0.05, 0) is 79.6 Å². The zero-order chi connectivity index (χ0) is 28.9. The van der Waals surface area contributed by atoms with E-state index in [1.165, 1.54) is 0 Å².